The Morgan fingerprint density at radius 1 is 1.00 bits per heavy atom. The molecule has 1 rings (SSSR count). The second-order valence-corrected chi connectivity index (χ2v) is 2.59. The highest BCUT2D eigenvalue weighted by Crippen LogP contribution is 2.07. The second kappa shape index (κ2) is 4.51. The van der Waals surface area contributed by atoms with E-state index in [0.717, 1.165) is 0 Å². The van der Waals surface area contributed by atoms with Crippen molar-refractivity contribution in [3.63, 3.8) is 0 Å². The molecule has 1 heteroatoms. The van der Waals surface area contributed by atoms with Gasteiger partial charge < -0.3 is 0 Å². The van der Waals surface area contributed by atoms with Crippen LogP contribution < -0.4 is 0 Å². The zero-order chi connectivity index (χ0) is 8.85. The number of benzene rings is 1. The molecule has 0 unspecified atom stereocenters. The first-order valence-corrected chi connectivity index (χ1v) is 3.50. The predicted octanol–water partition coefficient (Wildman–Crippen LogP) is 2.75. The molecule has 0 atom stereocenters. The molecular weight excluding hydrogens is 134 g/mol. The lowest BCUT2D eigenvalue weighted by molar-refractivity contribution is 1.30. The lowest BCUT2D eigenvalue weighted by atomic mass is 10.1. The summed E-state index contributed by atoms with van der Waals surface area (Å²) in [6.45, 7) is 9.89. The molecule has 0 N–H and O–H groups in total. The molecule has 0 aliphatic heterocycles. The van der Waals surface area contributed by atoms with Gasteiger partial charge in [0.15, 0.2) is 0 Å². The summed E-state index contributed by atoms with van der Waals surface area (Å²) in [5, 5.41) is 6.50. The highest BCUT2D eigenvalue weighted by Gasteiger charge is 1.89. The molecule has 1 aromatic carbocycles. The summed E-state index contributed by atoms with van der Waals surface area (Å²) in [7, 11) is 0. The van der Waals surface area contributed by atoms with Gasteiger partial charge >= 0.3 is 0 Å². The van der Waals surface area contributed by atoms with E-state index in [-0.39, 0.29) is 0 Å². The number of nitriles is 1. The van der Waals surface area contributed by atoms with Gasteiger partial charge in [0.1, 0.15) is 0 Å². The average Bonchev–Trinajstić information content (AvgIpc) is 2.02. The van der Waals surface area contributed by atoms with Crippen molar-refractivity contribution in [2.24, 2.45) is 0 Å². The molecule has 0 saturated heterocycles. The smallest absolute Gasteiger partial charge is 0.0462 e. The Morgan fingerprint density at radius 2 is 1.55 bits per heavy atom. The molecule has 0 amide bonds. The van der Waals surface area contributed by atoms with Crippen LogP contribution in [0.5, 0.6) is 0 Å². The maximum Gasteiger partial charge on any atom is 0.0462 e. The Bertz CT molecular complexity index is 248. The molecular formula is C10H13N. The minimum Gasteiger partial charge on any atom is -0.202 e. The maximum absolute atomic E-state index is 6.50. The molecule has 0 saturated carbocycles. The zero-order valence-corrected chi connectivity index (χ0v) is 7.26. The van der Waals surface area contributed by atoms with E-state index in [1.165, 1.54) is 16.7 Å². The van der Waals surface area contributed by atoms with E-state index < -0.39 is 0 Å². The molecule has 0 aliphatic rings. The molecule has 1 aromatic rings. The van der Waals surface area contributed by atoms with Crippen LogP contribution in [0.1, 0.15) is 16.7 Å². The fourth-order valence-corrected chi connectivity index (χ4v) is 0.891. The van der Waals surface area contributed by atoms with Crippen LogP contribution in [0.3, 0.4) is 0 Å². The van der Waals surface area contributed by atoms with Crippen molar-refractivity contribution in [3.8, 4) is 6.57 Å². The van der Waals surface area contributed by atoms with Gasteiger partial charge in [-0.05, 0) is 31.9 Å². The monoisotopic (exact) mass is 147 g/mol. The summed E-state index contributed by atoms with van der Waals surface area (Å²) in [4.78, 5) is 0. The Morgan fingerprint density at radius 3 is 1.91 bits per heavy atom. The molecule has 0 radical (unpaired) electrons. The van der Waals surface area contributed by atoms with Crippen molar-refractivity contribution in [1.82, 2.24) is 0 Å². The van der Waals surface area contributed by atoms with Gasteiger partial charge in [-0.3, -0.25) is 0 Å². The number of hydrogen-bond donors (Lipinski definition) is 0. The summed E-state index contributed by atoms with van der Waals surface area (Å²) >= 11 is 0. The summed E-state index contributed by atoms with van der Waals surface area (Å²) < 4.78 is 0. The molecule has 1 nitrogen and oxygen atoms in total. The van der Waals surface area contributed by atoms with E-state index in [1.807, 2.05) is 0 Å². The van der Waals surface area contributed by atoms with Crippen LogP contribution in [0.25, 0.3) is 0 Å². The molecule has 58 valence electrons. The Kier molecular flexibility index (Phi) is 3.98. The summed E-state index contributed by atoms with van der Waals surface area (Å²) in [6.07, 6.45) is 0. The molecule has 0 fully saturated rings. The average molecular weight is 147 g/mol. The van der Waals surface area contributed by atoms with Gasteiger partial charge in [0.2, 0.25) is 0 Å². The Hall–Kier alpha value is -1.29. The van der Waals surface area contributed by atoms with Crippen LogP contribution >= 0.6 is 0 Å². The van der Waals surface area contributed by atoms with E-state index in [0.29, 0.717) is 0 Å². The zero-order valence-electron chi connectivity index (χ0n) is 7.26. The lowest BCUT2D eigenvalue weighted by Crippen LogP contribution is -1.79. The third-order valence-corrected chi connectivity index (χ3v) is 1.66. The van der Waals surface area contributed by atoms with Gasteiger partial charge in [0.05, 0.1) is 0 Å². The van der Waals surface area contributed by atoms with E-state index in [9.17, 15) is 0 Å². The number of rotatable bonds is 0. The van der Waals surface area contributed by atoms with Crippen molar-refractivity contribution < 1.29 is 0 Å². The number of nitrogens with zero attached hydrogens (tertiary/aromatic N) is 1. The summed E-state index contributed by atoms with van der Waals surface area (Å²) in [5.41, 5.74) is 4.11. The van der Waals surface area contributed by atoms with E-state index in [4.69, 9.17) is 5.26 Å². The minimum absolute atomic E-state index is 1.35. The number of hydrogen-bond acceptors (Lipinski definition) is 1. The first-order valence-electron chi connectivity index (χ1n) is 3.50. The summed E-state index contributed by atoms with van der Waals surface area (Å²) in [5.74, 6) is 0. The van der Waals surface area contributed by atoms with Crippen molar-refractivity contribution in [1.29, 1.82) is 5.26 Å². The fraction of sp³-hybridized carbons (Fsp3) is 0.300. The highest BCUT2D eigenvalue weighted by molar-refractivity contribution is 5.28. The summed E-state index contributed by atoms with van der Waals surface area (Å²) in [6, 6.07) is 6.50. The van der Waals surface area contributed by atoms with Crippen molar-refractivity contribution in [2.45, 2.75) is 20.8 Å². The van der Waals surface area contributed by atoms with Crippen LogP contribution in [0, 0.1) is 32.6 Å². The van der Waals surface area contributed by atoms with Gasteiger partial charge in [-0.15, -0.1) is 0 Å². The van der Waals surface area contributed by atoms with Crippen molar-refractivity contribution in [3.05, 3.63) is 34.9 Å². The normalized spacial score (nSPS) is 8.09. The van der Waals surface area contributed by atoms with Crippen LogP contribution in [-0.4, -0.2) is 0 Å². The topological polar surface area (TPSA) is 23.8 Å². The second-order valence-electron chi connectivity index (χ2n) is 2.59. The van der Waals surface area contributed by atoms with E-state index >= 15 is 0 Å². The minimum atomic E-state index is 1.35. The third-order valence-electron chi connectivity index (χ3n) is 1.66. The van der Waals surface area contributed by atoms with Crippen LogP contribution in [-0.2, 0) is 0 Å². The lowest BCUT2D eigenvalue weighted by Gasteiger charge is -1.98. The van der Waals surface area contributed by atoms with E-state index in [1.54, 1.807) is 0 Å². The van der Waals surface area contributed by atoms with Gasteiger partial charge in [-0.2, -0.15) is 0 Å². The first-order chi connectivity index (χ1) is 5.20. The number of aryl methyl sites for hydroxylation is 3. The standard InChI is InChI=1S/C9H12.CHN/c1-7-4-5-8(2)9(3)6-7;1-2/h4-6H,1-3H3;1H. The molecule has 0 bridgehead atoms. The Labute approximate surface area is 68.3 Å². The van der Waals surface area contributed by atoms with Crippen LogP contribution in [0.2, 0.25) is 0 Å². The quantitative estimate of drug-likeness (QED) is 0.553. The molecule has 0 aliphatic carbocycles. The first kappa shape index (κ1) is 9.71. The predicted molar refractivity (Wildman–Crippen MR) is 47.3 cm³/mol. The van der Waals surface area contributed by atoms with Crippen molar-refractivity contribution in [2.75, 3.05) is 0 Å². The van der Waals surface area contributed by atoms with E-state index in [2.05, 4.69) is 45.5 Å². The van der Waals surface area contributed by atoms with Crippen LogP contribution in [0.15, 0.2) is 18.2 Å². The van der Waals surface area contributed by atoms with Gasteiger partial charge in [0, 0.05) is 6.57 Å². The molecule has 11 heavy (non-hydrogen) atoms. The van der Waals surface area contributed by atoms with Crippen LogP contribution in [0.4, 0.5) is 0 Å². The fourth-order valence-electron chi connectivity index (χ4n) is 0.891. The molecule has 0 aromatic heterocycles. The molecule has 0 heterocycles. The molecule has 0 spiro atoms. The van der Waals surface area contributed by atoms with Gasteiger partial charge in [-0.1, -0.05) is 23.8 Å². The largest absolute Gasteiger partial charge is 0.202 e. The highest BCUT2D eigenvalue weighted by atomic mass is 14.2. The Balaban J connectivity index is 0.000000461. The van der Waals surface area contributed by atoms with Gasteiger partial charge in [-0.25, -0.2) is 5.26 Å². The third kappa shape index (κ3) is 2.86. The SMILES string of the molecule is C#N.Cc1ccc(C)c(C)c1. The maximum atomic E-state index is 6.50. The van der Waals surface area contributed by atoms with Crippen molar-refractivity contribution >= 4 is 0 Å². The van der Waals surface area contributed by atoms with Gasteiger partial charge in [0.25, 0.3) is 0 Å².